The molecule has 0 atom stereocenters. The number of ether oxygens (including phenoxy) is 2. The molecule has 64 valence electrons. The summed E-state index contributed by atoms with van der Waals surface area (Å²) < 4.78 is 9.01. The largest absolute Gasteiger partial charge is 0.484 e. The number of carbonyl (C=O) groups is 1. The minimum atomic E-state index is -0.242. The molecule has 0 aliphatic carbocycles. The third kappa shape index (κ3) is 5.39. The summed E-state index contributed by atoms with van der Waals surface area (Å²) in [5, 5.41) is 7.06. The van der Waals surface area contributed by atoms with E-state index >= 15 is 0 Å². The molecule has 0 unspecified atom stereocenters. The van der Waals surface area contributed by atoms with Crippen molar-refractivity contribution < 1.29 is 14.3 Å². The van der Waals surface area contributed by atoms with Crippen LogP contribution in [-0.4, -0.2) is 26.1 Å². The van der Waals surface area contributed by atoms with Crippen molar-refractivity contribution in [3.05, 3.63) is 0 Å². The van der Waals surface area contributed by atoms with Crippen molar-refractivity contribution in [3.63, 3.8) is 0 Å². The highest BCUT2D eigenvalue weighted by Gasteiger charge is 2.01. The molecule has 0 spiro atoms. The fourth-order valence-corrected chi connectivity index (χ4v) is 0.597. The number of esters is 1. The summed E-state index contributed by atoms with van der Waals surface area (Å²) in [7, 11) is 2.80. The predicted molar refractivity (Wildman–Crippen MR) is 40.6 cm³/mol. The van der Waals surface area contributed by atoms with E-state index in [0.717, 1.165) is 0 Å². The van der Waals surface area contributed by atoms with Gasteiger partial charge in [0.15, 0.2) is 5.90 Å². The van der Waals surface area contributed by atoms with Crippen LogP contribution in [0.4, 0.5) is 0 Å². The Bertz CT molecular complexity index is 129. The second-order valence-electron chi connectivity index (χ2n) is 2.06. The summed E-state index contributed by atoms with van der Waals surface area (Å²) >= 11 is 0. The Morgan fingerprint density at radius 2 is 1.91 bits per heavy atom. The highest BCUT2D eigenvalue weighted by molar-refractivity contribution is 5.74. The molecule has 0 aromatic carbocycles. The van der Waals surface area contributed by atoms with Crippen LogP contribution in [0.3, 0.4) is 0 Å². The number of hydrogen-bond donors (Lipinski definition) is 1. The Labute approximate surface area is 66.0 Å². The highest BCUT2D eigenvalue weighted by Crippen LogP contribution is 1.98. The molecule has 0 fully saturated rings. The van der Waals surface area contributed by atoms with E-state index in [0.29, 0.717) is 19.3 Å². The molecule has 0 amide bonds. The van der Waals surface area contributed by atoms with Gasteiger partial charge in [0.05, 0.1) is 14.2 Å². The molecule has 0 aromatic heterocycles. The monoisotopic (exact) mass is 159 g/mol. The lowest BCUT2D eigenvalue weighted by Gasteiger charge is -2.00. The molecule has 0 aliphatic heterocycles. The van der Waals surface area contributed by atoms with E-state index in [1.807, 2.05) is 0 Å². The third-order valence-corrected chi connectivity index (χ3v) is 1.26. The van der Waals surface area contributed by atoms with Crippen LogP contribution in [0.1, 0.15) is 19.3 Å². The highest BCUT2D eigenvalue weighted by atomic mass is 16.5. The van der Waals surface area contributed by atoms with E-state index in [1.165, 1.54) is 14.2 Å². The average Bonchev–Trinajstić information content (AvgIpc) is 2.04. The Morgan fingerprint density at radius 1 is 1.27 bits per heavy atom. The van der Waals surface area contributed by atoms with Gasteiger partial charge in [-0.2, -0.15) is 0 Å². The van der Waals surface area contributed by atoms with Crippen LogP contribution in [0.2, 0.25) is 0 Å². The zero-order chi connectivity index (χ0) is 8.69. The molecule has 0 radical (unpaired) electrons. The summed E-state index contributed by atoms with van der Waals surface area (Å²) in [6.07, 6.45) is 1.45. The van der Waals surface area contributed by atoms with Gasteiger partial charge in [0, 0.05) is 12.8 Å². The zero-order valence-corrected chi connectivity index (χ0v) is 6.85. The molecular weight excluding hydrogens is 146 g/mol. The number of hydrogen-bond acceptors (Lipinski definition) is 4. The van der Waals surface area contributed by atoms with Crippen LogP contribution in [0, 0.1) is 5.41 Å². The number of rotatable bonds is 4. The van der Waals surface area contributed by atoms with Crippen molar-refractivity contribution in [1.29, 1.82) is 5.41 Å². The first kappa shape index (κ1) is 9.94. The fourth-order valence-electron chi connectivity index (χ4n) is 0.597. The molecule has 1 N–H and O–H groups in total. The van der Waals surface area contributed by atoms with Crippen LogP contribution in [-0.2, 0) is 14.3 Å². The first-order chi connectivity index (χ1) is 5.20. The summed E-state index contributed by atoms with van der Waals surface area (Å²) in [5.74, 6) is -0.0391. The van der Waals surface area contributed by atoms with Crippen molar-refractivity contribution in [2.75, 3.05) is 14.2 Å². The number of carbonyl (C=O) groups excluding carboxylic acids is 1. The van der Waals surface area contributed by atoms with Crippen molar-refractivity contribution >= 4 is 11.9 Å². The predicted octanol–water partition coefficient (Wildman–Crippen LogP) is 0.953. The molecule has 4 nitrogen and oxygen atoms in total. The van der Waals surface area contributed by atoms with E-state index in [1.54, 1.807) is 0 Å². The second-order valence-corrected chi connectivity index (χ2v) is 2.06. The molecule has 0 heterocycles. The second kappa shape index (κ2) is 5.70. The lowest BCUT2D eigenvalue weighted by Crippen LogP contribution is -2.03. The minimum Gasteiger partial charge on any atom is -0.484 e. The van der Waals surface area contributed by atoms with E-state index in [4.69, 9.17) is 5.41 Å². The Kier molecular flexibility index (Phi) is 5.15. The van der Waals surface area contributed by atoms with E-state index in [-0.39, 0.29) is 11.9 Å². The van der Waals surface area contributed by atoms with Crippen molar-refractivity contribution in [1.82, 2.24) is 0 Å². The topological polar surface area (TPSA) is 59.4 Å². The lowest BCUT2D eigenvalue weighted by atomic mass is 10.2. The van der Waals surface area contributed by atoms with Crippen molar-refractivity contribution in [3.8, 4) is 0 Å². The summed E-state index contributed by atoms with van der Waals surface area (Å²) in [5.41, 5.74) is 0. The minimum absolute atomic E-state index is 0.203. The maximum Gasteiger partial charge on any atom is 0.305 e. The maximum absolute atomic E-state index is 10.5. The van der Waals surface area contributed by atoms with E-state index in [9.17, 15) is 4.79 Å². The van der Waals surface area contributed by atoms with Gasteiger partial charge >= 0.3 is 5.97 Å². The van der Waals surface area contributed by atoms with Gasteiger partial charge in [-0.15, -0.1) is 0 Å². The maximum atomic E-state index is 10.5. The van der Waals surface area contributed by atoms with Gasteiger partial charge < -0.3 is 9.47 Å². The van der Waals surface area contributed by atoms with Crippen molar-refractivity contribution in [2.24, 2.45) is 0 Å². The van der Waals surface area contributed by atoms with Gasteiger partial charge in [-0.05, 0) is 6.42 Å². The van der Waals surface area contributed by atoms with Gasteiger partial charge in [-0.25, -0.2) is 0 Å². The summed E-state index contributed by atoms with van der Waals surface area (Å²) in [4.78, 5) is 10.5. The van der Waals surface area contributed by atoms with Gasteiger partial charge in [-0.1, -0.05) is 0 Å². The Balaban J connectivity index is 3.27. The quantitative estimate of drug-likeness (QED) is 0.377. The summed E-state index contributed by atoms with van der Waals surface area (Å²) in [6.45, 7) is 0. The first-order valence-corrected chi connectivity index (χ1v) is 3.39. The smallest absolute Gasteiger partial charge is 0.305 e. The standard InChI is InChI=1S/C7H13NO3/c1-10-6(8)4-3-5-7(9)11-2/h8H,3-5H2,1-2H3. The van der Waals surface area contributed by atoms with Gasteiger partial charge in [-0.3, -0.25) is 10.2 Å². The molecule has 4 heteroatoms. The number of nitrogens with one attached hydrogen (secondary N) is 1. The third-order valence-electron chi connectivity index (χ3n) is 1.26. The van der Waals surface area contributed by atoms with Crippen molar-refractivity contribution in [2.45, 2.75) is 19.3 Å². The lowest BCUT2D eigenvalue weighted by molar-refractivity contribution is -0.140. The zero-order valence-electron chi connectivity index (χ0n) is 6.85. The summed E-state index contributed by atoms with van der Waals surface area (Å²) in [6, 6.07) is 0. The Hall–Kier alpha value is -1.06. The van der Waals surface area contributed by atoms with Gasteiger partial charge in [0.1, 0.15) is 0 Å². The van der Waals surface area contributed by atoms with Crippen LogP contribution in [0.5, 0.6) is 0 Å². The molecule has 0 aromatic rings. The molecular formula is C7H13NO3. The molecule has 0 aliphatic rings. The van der Waals surface area contributed by atoms with Gasteiger partial charge in [0.25, 0.3) is 0 Å². The van der Waals surface area contributed by atoms with E-state index < -0.39 is 0 Å². The van der Waals surface area contributed by atoms with E-state index in [2.05, 4.69) is 9.47 Å². The molecule has 0 rings (SSSR count). The van der Waals surface area contributed by atoms with Gasteiger partial charge in [0.2, 0.25) is 0 Å². The molecule has 11 heavy (non-hydrogen) atoms. The normalized spacial score (nSPS) is 8.91. The van der Waals surface area contributed by atoms with Crippen LogP contribution >= 0.6 is 0 Å². The Morgan fingerprint density at radius 3 is 2.36 bits per heavy atom. The fraction of sp³-hybridized carbons (Fsp3) is 0.714. The van der Waals surface area contributed by atoms with Crippen LogP contribution in [0.25, 0.3) is 0 Å². The average molecular weight is 159 g/mol. The first-order valence-electron chi connectivity index (χ1n) is 3.39. The van der Waals surface area contributed by atoms with Crippen LogP contribution in [0.15, 0.2) is 0 Å². The molecule has 0 bridgehead atoms. The molecule has 0 saturated carbocycles. The SMILES string of the molecule is COC(=N)CCCC(=O)OC. The number of methoxy groups -OCH3 is 2. The molecule has 0 saturated heterocycles. The van der Waals surface area contributed by atoms with Crippen LogP contribution < -0.4 is 0 Å².